The fourth-order valence-corrected chi connectivity index (χ4v) is 2.20. The highest BCUT2D eigenvalue weighted by atomic mass is 16.2. The van der Waals surface area contributed by atoms with Crippen molar-refractivity contribution in [2.45, 2.75) is 27.2 Å². The molecular formula is C15H24N2O. The molecule has 0 fully saturated rings. The lowest BCUT2D eigenvalue weighted by Gasteiger charge is -2.28. The molecule has 0 saturated heterocycles. The van der Waals surface area contributed by atoms with Crippen LogP contribution >= 0.6 is 0 Å². The van der Waals surface area contributed by atoms with Crippen molar-refractivity contribution >= 4 is 11.6 Å². The number of carbonyl (C=O) groups excluding carboxylic acids is 1. The number of amides is 1. The Bertz CT molecular complexity index is 362. The van der Waals surface area contributed by atoms with Crippen LogP contribution < -0.4 is 10.6 Å². The van der Waals surface area contributed by atoms with Gasteiger partial charge in [0, 0.05) is 18.2 Å². The minimum absolute atomic E-state index is 0.00940. The molecule has 1 aromatic carbocycles. The summed E-state index contributed by atoms with van der Waals surface area (Å²) < 4.78 is 0. The van der Waals surface area contributed by atoms with E-state index in [4.69, 9.17) is 5.73 Å². The van der Waals surface area contributed by atoms with Crippen molar-refractivity contribution in [2.24, 2.45) is 17.6 Å². The maximum Gasteiger partial charge on any atom is 0.230 e. The molecule has 0 saturated carbocycles. The lowest BCUT2D eigenvalue weighted by molar-refractivity contribution is -0.123. The average Bonchev–Trinajstić information content (AvgIpc) is 2.37. The van der Waals surface area contributed by atoms with Crippen LogP contribution in [0.1, 0.15) is 27.2 Å². The van der Waals surface area contributed by atoms with Gasteiger partial charge in [-0.2, -0.15) is 0 Å². The second-order valence-corrected chi connectivity index (χ2v) is 4.85. The van der Waals surface area contributed by atoms with Gasteiger partial charge in [-0.1, -0.05) is 32.0 Å². The van der Waals surface area contributed by atoms with Crippen molar-refractivity contribution in [3.8, 4) is 0 Å². The van der Waals surface area contributed by atoms with Gasteiger partial charge in [0.25, 0.3) is 0 Å². The van der Waals surface area contributed by atoms with E-state index in [2.05, 4.69) is 13.8 Å². The molecule has 0 bridgehead atoms. The molecule has 0 radical (unpaired) electrons. The van der Waals surface area contributed by atoms with E-state index in [9.17, 15) is 4.79 Å². The lowest BCUT2D eigenvalue weighted by Crippen LogP contribution is -2.39. The van der Waals surface area contributed by atoms with Crippen molar-refractivity contribution in [3.05, 3.63) is 30.3 Å². The second-order valence-electron chi connectivity index (χ2n) is 4.85. The van der Waals surface area contributed by atoms with Gasteiger partial charge < -0.3 is 10.6 Å². The minimum Gasteiger partial charge on any atom is -0.330 e. The maximum absolute atomic E-state index is 12.6. The van der Waals surface area contributed by atoms with Crippen molar-refractivity contribution in [2.75, 3.05) is 18.0 Å². The molecule has 1 atom stereocenters. The summed E-state index contributed by atoms with van der Waals surface area (Å²) in [5.74, 6) is 0.512. The van der Waals surface area contributed by atoms with E-state index >= 15 is 0 Å². The van der Waals surface area contributed by atoms with E-state index in [-0.39, 0.29) is 11.8 Å². The van der Waals surface area contributed by atoms with E-state index in [1.807, 2.05) is 42.2 Å². The first-order chi connectivity index (χ1) is 8.61. The number of nitrogens with zero attached hydrogens (tertiary/aromatic N) is 1. The highest BCUT2D eigenvalue weighted by Gasteiger charge is 2.26. The lowest BCUT2D eigenvalue weighted by atomic mass is 9.91. The van der Waals surface area contributed by atoms with Gasteiger partial charge in [-0.15, -0.1) is 0 Å². The van der Waals surface area contributed by atoms with Crippen LogP contribution in [-0.2, 0) is 4.79 Å². The molecule has 0 aliphatic carbocycles. The first kappa shape index (κ1) is 14.7. The van der Waals surface area contributed by atoms with Crippen LogP contribution in [0, 0.1) is 11.8 Å². The zero-order valence-electron chi connectivity index (χ0n) is 11.6. The summed E-state index contributed by atoms with van der Waals surface area (Å²) in [6.45, 7) is 7.41. The van der Waals surface area contributed by atoms with Crippen molar-refractivity contribution in [1.29, 1.82) is 0 Å². The maximum atomic E-state index is 12.6. The third-order valence-corrected chi connectivity index (χ3v) is 3.25. The van der Waals surface area contributed by atoms with Crippen LogP contribution in [0.4, 0.5) is 5.69 Å². The third kappa shape index (κ3) is 3.57. The number of nitrogens with two attached hydrogens (primary N) is 1. The Kier molecular flexibility index (Phi) is 5.86. The summed E-state index contributed by atoms with van der Waals surface area (Å²) in [7, 11) is 0. The number of para-hydroxylation sites is 1. The molecule has 18 heavy (non-hydrogen) atoms. The van der Waals surface area contributed by atoms with E-state index in [1.165, 1.54) is 0 Å². The smallest absolute Gasteiger partial charge is 0.230 e. The third-order valence-electron chi connectivity index (χ3n) is 3.25. The van der Waals surface area contributed by atoms with Crippen LogP contribution in [0.2, 0.25) is 0 Å². The van der Waals surface area contributed by atoms with Gasteiger partial charge in [-0.25, -0.2) is 0 Å². The quantitative estimate of drug-likeness (QED) is 0.841. The van der Waals surface area contributed by atoms with Gasteiger partial charge in [0.05, 0.1) is 0 Å². The summed E-state index contributed by atoms with van der Waals surface area (Å²) in [6, 6.07) is 9.82. The molecule has 0 spiro atoms. The molecule has 0 aromatic heterocycles. The number of anilines is 1. The van der Waals surface area contributed by atoms with Crippen molar-refractivity contribution < 1.29 is 4.79 Å². The highest BCUT2D eigenvalue weighted by molar-refractivity contribution is 5.95. The Morgan fingerprint density at radius 1 is 1.28 bits per heavy atom. The zero-order chi connectivity index (χ0) is 13.5. The predicted octanol–water partition coefficient (Wildman–Crippen LogP) is 2.66. The van der Waals surface area contributed by atoms with E-state index in [0.29, 0.717) is 19.0 Å². The van der Waals surface area contributed by atoms with Crippen LogP contribution in [-0.4, -0.2) is 19.0 Å². The number of carbonyl (C=O) groups is 1. The number of hydrogen-bond donors (Lipinski definition) is 1. The molecular weight excluding hydrogens is 224 g/mol. The molecule has 0 aliphatic heterocycles. The predicted molar refractivity (Wildman–Crippen MR) is 76.5 cm³/mol. The monoisotopic (exact) mass is 248 g/mol. The van der Waals surface area contributed by atoms with Crippen LogP contribution in [0.5, 0.6) is 0 Å². The number of rotatable bonds is 6. The van der Waals surface area contributed by atoms with Gasteiger partial charge in [0.1, 0.15) is 0 Å². The Morgan fingerprint density at radius 2 is 1.89 bits per heavy atom. The zero-order valence-corrected chi connectivity index (χ0v) is 11.6. The largest absolute Gasteiger partial charge is 0.330 e. The van der Waals surface area contributed by atoms with Gasteiger partial charge in [-0.05, 0) is 37.9 Å². The van der Waals surface area contributed by atoms with E-state index in [0.717, 1.165) is 12.1 Å². The molecule has 1 unspecified atom stereocenters. The Morgan fingerprint density at radius 3 is 2.33 bits per heavy atom. The topological polar surface area (TPSA) is 46.3 Å². The standard InChI is InChI=1S/C15H24N2O/c1-4-17(13-8-6-5-7-9-13)15(18)14(10-11-16)12(2)3/h5-9,12,14H,4,10-11,16H2,1-3H3. The van der Waals surface area contributed by atoms with Crippen LogP contribution in [0.15, 0.2) is 30.3 Å². The first-order valence-corrected chi connectivity index (χ1v) is 6.68. The van der Waals surface area contributed by atoms with Gasteiger partial charge >= 0.3 is 0 Å². The van der Waals surface area contributed by atoms with E-state index < -0.39 is 0 Å². The molecule has 100 valence electrons. The molecule has 1 aromatic rings. The average molecular weight is 248 g/mol. The molecule has 1 amide bonds. The molecule has 2 N–H and O–H groups in total. The summed E-state index contributed by atoms with van der Waals surface area (Å²) in [4.78, 5) is 14.4. The van der Waals surface area contributed by atoms with Gasteiger partial charge in [0.2, 0.25) is 5.91 Å². The minimum atomic E-state index is 0.00940. The van der Waals surface area contributed by atoms with Crippen molar-refractivity contribution in [3.63, 3.8) is 0 Å². The molecule has 1 rings (SSSR count). The normalized spacial score (nSPS) is 12.5. The first-order valence-electron chi connectivity index (χ1n) is 6.68. The van der Waals surface area contributed by atoms with Crippen LogP contribution in [0.25, 0.3) is 0 Å². The number of benzene rings is 1. The number of hydrogen-bond acceptors (Lipinski definition) is 2. The summed E-state index contributed by atoms with van der Waals surface area (Å²) in [5, 5.41) is 0. The van der Waals surface area contributed by atoms with Gasteiger partial charge in [-0.3, -0.25) is 4.79 Å². The summed E-state index contributed by atoms with van der Waals surface area (Å²) in [5.41, 5.74) is 6.58. The van der Waals surface area contributed by atoms with Gasteiger partial charge in [0.15, 0.2) is 0 Å². The molecule has 3 nitrogen and oxygen atoms in total. The Balaban J connectivity index is 2.90. The second kappa shape index (κ2) is 7.17. The molecule has 0 heterocycles. The van der Waals surface area contributed by atoms with Crippen molar-refractivity contribution in [1.82, 2.24) is 0 Å². The van der Waals surface area contributed by atoms with Crippen LogP contribution in [0.3, 0.4) is 0 Å². The fourth-order valence-electron chi connectivity index (χ4n) is 2.20. The molecule has 0 aliphatic rings. The SMILES string of the molecule is CCN(C(=O)C(CCN)C(C)C)c1ccccc1. The summed E-state index contributed by atoms with van der Waals surface area (Å²) in [6.07, 6.45) is 0.750. The highest BCUT2D eigenvalue weighted by Crippen LogP contribution is 2.22. The fraction of sp³-hybridized carbons (Fsp3) is 0.533. The van der Waals surface area contributed by atoms with E-state index in [1.54, 1.807) is 0 Å². The Hall–Kier alpha value is -1.35. The summed E-state index contributed by atoms with van der Waals surface area (Å²) >= 11 is 0. The Labute approximate surface area is 110 Å². The molecule has 3 heteroatoms.